The predicted octanol–water partition coefficient (Wildman–Crippen LogP) is 0.624. The molecular formula is C5H4F3N3O. The standard InChI is InChI=1S/C5H4F3N3O/c6-5(7,8)1-3(2-9)11-4(10)12/h1H,(H3,10,11,12). The number of nitrogens with two attached hydrogens (primary N) is 1. The lowest BCUT2D eigenvalue weighted by molar-refractivity contribution is -0.0804. The number of nitrogens with zero attached hydrogens (tertiary/aromatic N) is 1. The number of carbonyl (C=O) groups excluding carboxylic acids is 1. The van der Waals surface area contributed by atoms with Gasteiger partial charge in [-0.2, -0.15) is 18.4 Å². The van der Waals surface area contributed by atoms with Crippen molar-refractivity contribution in [3.63, 3.8) is 0 Å². The van der Waals surface area contributed by atoms with Gasteiger partial charge in [-0.1, -0.05) is 0 Å². The lowest BCUT2D eigenvalue weighted by Crippen LogP contribution is -2.29. The molecule has 3 N–H and O–H groups in total. The minimum Gasteiger partial charge on any atom is -0.351 e. The second kappa shape index (κ2) is 3.61. The van der Waals surface area contributed by atoms with Crippen molar-refractivity contribution in [1.29, 1.82) is 5.26 Å². The summed E-state index contributed by atoms with van der Waals surface area (Å²) in [6, 6.07) is -0.0966. The van der Waals surface area contributed by atoms with E-state index in [0.29, 0.717) is 0 Å². The highest BCUT2D eigenvalue weighted by Crippen LogP contribution is 2.17. The first-order chi connectivity index (χ1) is 5.35. The third kappa shape index (κ3) is 5.10. The van der Waals surface area contributed by atoms with Crippen LogP contribution in [-0.4, -0.2) is 12.2 Å². The Morgan fingerprint density at radius 1 is 1.58 bits per heavy atom. The molecule has 66 valence electrons. The van der Waals surface area contributed by atoms with Gasteiger partial charge in [0.15, 0.2) is 0 Å². The molecule has 4 nitrogen and oxygen atoms in total. The topological polar surface area (TPSA) is 78.9 Å². The second-order valence-corrected chi connectivity index (χ2v) is 1.70. The number of amides is 2. The van der Waals surface area contributed by atoms with E-state index in [4.69, 9.17) is 5.26 Å². The molecule has 0 aliphatic rings. The van der Waals surface area contributed by atoms with E-state index in [2.05, 4.69) is 5.73 Å². The lowest BCUT2D eigenvalue weighted by atomic mass is 10.4. The van der Waals surface area contributed by atoms with E-state index in [-0.39, 0.29) is 6.08 Å². The van der Waals surface area contributed by atoms with Crippen molar-refractivity contribution in [2.24, 2.45) is 5.73 Å². The number of carbonyl (C=O) groups is 1. The van der Waals surface area contributed by atoms with Gasteiger partial charge in [0.2, 0.25) is 0 Å². The van der Waals surface area contributed by atoms with Crippen molar-refractivity contribution < 1.29 is 18.0 Å². The fourth-order valence-corrected chi connectivity index (χ4v) is 0.393. The number of rotatable bonds is 1. The zero-order chi connectivity index (χ0) is 9.78. The minimum atomic E-state index is -4.65. The fraction of sp³-hybridized carbons (Fsp3) is 0.200. The zero-order valence-electron chi connectivity index (χ0n) is 5.64. The van der Waals surface area contributed by atoms with Crippen LogP contribution in [0.25, 0.3) is 0 Å². The molecule has 0 aromatic heterocycles. The SMILES string of the molecule is N#CC(=CC(F)(F)F)NC(N)=O. The summed E-state index contributed by atoms with van der Waals surface area (Å²) >= 11 is 0. The van der Waals surface area contributed by atoms with Crippen molar-refractivity contribution in [2.45, 2.75) is 6.18 Å². The van der Waals surface area contributed by atoms with Crippen LogP contribution in [0, 0.1) is 11.3 Å². The monoisotopic (exact) mass is 179 g/mol. The van der Waals surface area contributed by atoms with E-state index in [1.807, 2.05) is 0 Å². The quantitative estimate of drug-likeness (QED) is 0.579. The maximum absolute atomic E-state index is 11.5. The van der Waals surface area contributed by atoms with E-state index in [1.165, 1.54) is 5.32 Å². The number of allylic oxidation sites excluding steroid dienone is 2. The molecule has 0 aromatic carbocycles. The third-order valence-corrected chi connectivity index (χ3v) is 0.686. The highest BCUT2D eigenvalue weighted by atomic mass is 19.4. The van der Waals surface area contributed by atoms with Crippen molar-refractivity contribution in [3.8, 4) is 6.07 Å². The largest absolute Gasteiger partial charge is 0.412 e. The number of urea groups is 1. The van der Waals surface area contributed by atoms with Crippen molar-refractivity contribution in [2.75, 3.05) is 0 Å². The van der Waals surface area contributed by atoms with Gasteiger partial charge >= 0.3 is 12.2 Å². The Balaban J connectivity index is 4.48. The van der Waals surface area contributed by atoms with Crippen LogP contribution in [0.4, 0.5) is 18.0 Å². The average molecular weight is 179 g/mol. The first kappa shape index (κ1) is 10.3. The summed E-state index contributed by atoms with van der Waals surface area (Å²) in [5.74, 6) is 0. The predicted molar refractivity (Wildman–Crippen MR) is 32.5 cm³/mol. The van der Waals surface area contributed by atoms with Crippen LogP contribution in [-0.2, 0) is 0 Å². The summed E-state index contributed by atoms with van der Waals surface area (Å²) in [7, 11) is 0. The summed E-state index contributed by atoms with van der Waals surface area (Å²) in [5.41, 5.74) is 3.54. The Morgan fingerprint density at radius 2 is 2.08 bits per heavy atom. The Bertz CT molecular complexity index is 250. The van der Waals surface area contributed by atoms with Crippen LogP contribution in [0.5, 0.6) is 0 Å². The molecule has 0 aliphatic heterocycles. The Hall–Kier alpha value is -1.71. The van der Waals surface area contributed by atoms with Crippen LogP contribution in [0.2, 0.25) is 0 Å². The van der Waals surface area contributed by atoms with Gasteiger partial charge in [0.1, 0.15) is 11.8 Å². The number of alkyl halides is 3. The molecule has 0 aromatic rings. The normalized spacial score (nSPS) is 12.0. The molecule has 0 fully saturated rings. The Labute approximate surface area is 65.4 Å². The molecule has 0 bridgehead atoms. The third-order valence-electron chi connectivity index (χ3n) is 0.686. The number of hydrogen-bond donors (Lipinski definition) is 2. The molecule has 0 saturated carbocycles. The van der Waals surface area contributed by atoms with Crippen LogP contribution < -0.4 is 11.1 Å². The molecule has 7 heteroatoms. The van der Waals surface area contributed by atoms with Gasteiger partial charge in [0.25, 0.3) is 0 Å². The molecule has 12 heavy (non-hydrogen) atoms. The first-order valence-corrected chi connectivity index (χ1v) is 2.61. The molecule has 0 spiro atoms. The zero-order valence-corrected chi connectivity index (χ0v) is 5.64. The smallest absolute Gasteiger partial charge is 0.351 e. The summed E-state index contributed by atoms with van der Waals surface area (Å²) < 4.78 is 34.6. The molecule has 2 amide bonds. The summed E-state index contributed by atoms with van der Waals surface area (Å²) in [5, 5.41) is 9.55. The van der Waals surface area contributed by atoms with E-state index in [0.717, 1.165) is 6.07 Å². The fourth-order valence-electron chi connectivity index (χ4n) is 0.393. The van der Waals surface area contributed by atoms with E-state index < -0.39 is 17.9 Å². The number of primary amides is 1. The molecule has 0 atom stereocenters. The number of nitriles is 1. The maximum atomic E-state index is 11.5. The molecule has 0 rings (SSSR count). The highest BCUT2D eigenvalue weighted by molar-refractivity contribution is 5.74. The molecule has 0 aliphatic carbocycles. The lowest BCUT2D eigenvalue weighted by Gasteiger charge is -2.01. The van der Waals surface area contributed by atoms with Crippen LogP contribution in [0.3, 0.4) is 0 Å². The van der Waals surface area contributed by atoms with Crippen LogP contribution in [0.15, 0.2) is 11.8 Å². The number of halogens is 3. The van der Waals surface area contributed by atoms with Gasteiger partial charge in [-0.05, 0) is 0 Å². The van der Waals surface area contributed by atoms with Crippen LogP contribution in [0.1, 0.15) is 0 Å². The van der Waals surface area contributed by atoms with Gasteiger partial charge in [-0.3, -0.25) is 5.32 Å². The molecule has 0 radical (unpaired) electrons. The minimum absolute atomic E-state index is 0.349. The number of nitrogens with one attached hydrogen (secondary N) is 1. The van der Waals surface area contributed by atoms with Gasteiger partial charge in [-0.15, -0.1) is 0 Å². The first-order valence-electron chi connectivity index (χ1n) is 2.61. The molecular weight excluding hydrogens is 175 g/mol. The molecule has 0 unspecified atom stereocenters. The highest BCUT2D eigenvalue weighted by Gasteiger charge is 2.25. The van der Waals surface area contributed by atoms with E-state index in [9.17, 15) is 18.0 Å². The van der Waals surface area contributed by atoms with Crippen LogP contribution >= 0.6 is 0 Å². The Kier molecular flexibility index (Phi) is 3.10. The summed E-state index contributed by atoms with van der Waals surface area (Å²) in [4.78, 5) is 10.0. The second-order valence-electron chi connectivity index (χ2n) is 1.70. The maximum Gasteiger partial charge on any atom is 0.412 e. The molecule has 0 heterocycles. The number of hydrogen-bond acceptors (Lipinski definition) is 2. The van der Waals surface area contributed by atoms with Gasteiger partial charge < -0.3 is 5.73 Å². The van der Waals surface area contributed by atoms with Crippen molar-refractivity contribution in [1.82, 2.24) is 5.32 Å². The van der Waals surface area contributed by atoms with Gasteiger partial charge in [0.05, 0.1) is 6.08 Å². The van der Waals surface area contributed by atoms with Crippen molar-refractivity contribution >= 4 is 6.03 Å². The summed E-state index contributed by atoms with van der Waals surface area (Å²) in [6.45, 7) is 0. The average Bonchev–Trinajstić information content (AvgIpc) is 1.82. The summed E-state index contributed by atoms with van der Waals surface area (Å²) in [6.07, 6.45) is -4.99. The molecule has 0 saturated heterocycles. The van der Waals surface area contributed by atoms with Gasteiger partial charge in [-0.25, -0.2) is 4.79 Å². The van der Waals surface area contributed by atoms with Gasteiger partial charge in [0, 0.05) is 0 Å². The van der Waals surface area contributed by atoms with E-state index in [1.54, 1.807) is 0 Å². The van der Waals surface area contributed by atoms with Crippen molar-refractivity contribution in [3.05, 3.63) is 11.8 Å². The Morgan fingerprint density at radius 3 is 2.33 bits per heavy atom. The van der Waals surface area contributed by atoms with E-state index >= 15 is 0 Å².